The lowest BCUT2D eigenvalue weighted by molar-refractivity contribution is -0.139. The van der Waals surface area contributed by atoms with Gasteiger partial charge in [0.25, 0.3) is 5.91 Å². The average Bonchev–Trinajstić information content (AvgIpc) is 3.28. The molecule has 182 valence electrons. The van der Waals surface area contributed by atoms with E-state index in [0.29, 0.717) is 33.3 Å². The van der Waals surface area contributed by atoms with Crippen LogP contribution in [0.5, 0.6) is 5.75 Å². The Kier molecular flexibility index (Phi) is 8.11. The quantitative estimate of drug-likeness (QED) is 0.366. The molecule has 0 bridgehead atoms. The van der Waals surface area contributed by atoms with Crippen molar-refractivity contribution in [3.8, 4) is 5.75 Å². The maximum atomic E-state index is 13.0. The van der Waals surface area contributed by atoms with Crippen molar-refractivity contribution in [3.05, 3.63) is 79.4 Å². The minimum atomic E-state index is -0.550. The van der Waals surface area contributed by atoms with E-state index < -0.39 is 17.9 Å². The molecule has 2 aromatic carbocycles. The molecule has 0 unspecified atom stereocenters. The molecule has 1 N–H and O–H groups in total. The van der Waals surface area contributed by atoms with Gasteiger partial charge in [0.05, 0.1) is 39.7 Å². The van der Waals surface area contributed by atoms with Crippen LogP contribution in [0.2, 0.25) is 10.0 Å². The number of ether oxygens (including phenoxy) is 2. The van der Waals surface area contributed by atoms with Crippen molar-refractivity contribution in [2.45, 2.75) is 19.9 Å². The molecule has 2 aliphatic heterocycles. The van der Waals surface area contributed by atoms with Gasteiger partial charge in [0.15, 0.2) is 11.8 Å². The molecule has 35 heavy (non-hydrogen) atoms. The maximum Gasteiger partial charge on any atom is 0.338 e. The van der Waals surface area contributed by atoms with Crippen LogP contribution in [0.25, 0.3) is 0 Å². The number of anilines is 1. The molecule has 7 nitrogen and oxygen atoms in total. The SMILES string of the molecule is CCOC(=O)C1=C(C)N=C2SC=CN2[C@@H]1c1cc(Br)ccc1OCC(=O)Nc1cccc(Cl)c1Cl. The summed E-state index contributed by atoms with van der Waals surface area (Å²) in [6.45, 7) is 3.48. The normalized spacial score (nSPS) is 16.7. The second kappa shape index (κ2) is 11.1. The summed E-state index contributed by atoms with van der Waals surface area (Å²) in [5, 5.41) is 5.92. The van der Waals surface area contributed by atoms with E-state index in [1.807, 2.05) is 22.6 Å². The van der Waals surface area contributed by atoms with Gasteiger partial charge in [-0.25, -0.2) is 9.79 Å². The van der Waals surface area contributed by atoms with Crippen LogP contribution in [-0.2, 0) is 14.3 Å². The number of carbonyl (C=O) groups is 2. The van der Waals surface area contributed by atoms with Crippen molar-refractivity contribution in [1.82, 2.24) is 4.90 Å². The largest absolute Gasteiger partial charge is 0.483 e. The van der Waals surface area contributed by atoms with Crippen LogP contribution in [0.15, 0.2) is 68.7 Å². The number of aliphatic imine (C=N–C) groups is 1. The summed E-state index contributed by atoms with van der Waals surface area (Å²) >= 11 is 17.2. The van der Waals surface area contributed by atoms with Crippen molar-refractivity contribution < 1.29 is 19.1 Å². The Labute approximate surface area is 225 Å². The van der Waals surface area contributed by atoms with E-state index in [4.69, 9.17) is 32.7 Å². The van der Waals surface area contributed by atoms with Gasteiger partial charge >= 0.3 is 5.97 Å². The molecule has 1 amide bonds. The van der Waals surface area contributed by atoms with Crippen molar-refractivity contribution in [2.75, 3.05) is 18.5 Å². The fourth-order valence-electron chi connectivity index (χ4n) is 3.67. The fraction of sp³-hybridized carbons (Fsp3) is 0.208. The first-order valence-electron chi connectivity index (χ1n) is 10.5. The Hall–Kier alpha value is -2.46. The minimum Gasteiger partial charge on any atom is -0.483 e. The van der Waals surface area contributed by atoms with E-state index in [9.17, 15) is 9.59 Å². The van der Waals surface area contributed by atoms with E-state index in [1.54, 1.807) is 44.2 Å². The zero-order chi connectivity index (χ0) is 25.1. The van der Waals surface area contributed by atoms with Crippen LogP contribution in [-0.4, -0.2) is 35.2 Å². The Balaban J connectivity index is 1.64. The number of hydrogen-bond acceptors (Lipinski definition) is 7. The Morgan fingerprint density at radius 2 is 2.06 bits per heavy atom. The van der Waals surface area contributed by atoms with Gasteiger partial charge in [-0.05, 0) is 49.6 Å². The second-order valence-corrected chi connectivity index (χ2v) is 10.0. The van der Waals surface area contributed by atoms with Gasteiger partial charge in [-0.1, -0.05) is 57.0 Å². The molecule has 0 saturated carbocycles. The number of amidine groups is 1. The topological polar surface area (TPSA) is 80.2 Å². The highest BCUT2D eigenvalue weighted by molar-refractivity contribution is 9.10. The Morgan fingerprint density at radius 1 is 1.26 bits per heavy atom. The number of allylic oxidation sites excluding steroid dienone is 1. The number of nitrogens with zero attached hydrogens (tertiary/aromatic N) is 2. The molecule has 2 aliphatic rings. The Morgan fingerprint density at radius 3 is 2.83 bits per heavy atom. The molecule has 0 radical (unpaired) electrons. The number of halogens is 3. The predicted molar refractivity (Wildman–Crippen MR) is 143 cm³/mol. The Bertz CT molecular complexity index is 1280. The number of carbonyl (C=O) groups excluding carboxylic acids is 2. The summed E-state index contributed by atoms with van der Waals surface area (Å²) in [7, 11) is 0. The number of nitrogens with one attached hydrogen (secondary N) is 1. The standard InChI is InChI=1S/C24H20BrCl2N3O4S/c1-3-33-23(32)20-13(2)28-24-30(9-10-35-24)22(20)15-11-14(25)7-8-18(15)34-12-19(31)29-17-6-4-5-16(26)21(17)27/h4-11,22H,3,12H2,1-2H3,(H,29,31)/t22-/m1/s1. The number of esters is 1. The predicted octanol–water partition coefficient (Wildman–Crippen LogP) is 6.54. The first-order chi connectivity index (χ1) is 16.8. The average molecular weight is 597 g/mol. The molecule has 11 heteroatoms. The molecule has 0 saturated heterocycles. The highest BCUT2D eigenvalue weighted by atomic mass is 79.9. The molecule has 0 spiro atoms. The number of rotatable bonds is 7. The van der Waals surface area contributed by atoms with Crippen molar-refractivity contribution in [2.24, 2.45) is 4.99 Å². The molecular weight excluding hydrogens is 577 g/mol. The maximum absolute atomic E-state index is 13.0. The number of thioether (sulfide) groups is 1. The monoisotopic (exact) mass is 595 g/mol. The van der Waals surface area contributed by atoms with Crippen LogP contribution in [0.3, 0.4) is 0 Å². The summed E-state index contributed by atoms with van der Waals surface area (Å²) in [4.78, 5) is 32.0. The van der Waals surface area contributed by atoms with E-state index in [-0.39, 0.29) is 18.2 Å². The third-order valence-corrected chi connectivity index (χ3v) is 7.25. The van der Waals surface area contributed by atoms with Gasteiger partial charge < -0.3 is 19.7 Å². The molecule has 0 aliphatic carbocycles. The molecule has 1 atom stereocenters. The molecular formula is C24H20BrCl2N3O4S. The third kappa shape index (κ3) is 5.53. The molecule has 4 rings (SSSR count). The lowest BCUT2D eigenvalue weighted by atomic mass is 9.94. The van der Waals surface area contributed by atoms with Gasteiger partial charge in [-0.2, -0.15) is 0 Å². The van der Waals surface area contributed by atoms with E-state index in [1.165, 1.54) is 11.8 Å². The van der Waals surface area contributed by atoms with E-state index in [0.717, 1.165) is 9.64 Å². The molecule has 2 heterocycles. The summed E-state index contributed by atoms with van der Waals surface area (Å²) in [6, 6.07) is 9.83. The van der Waals surface area contributed by atoms with Crippen LogP contribution in [0, 0.1) is 0 Å². The van der Waals surface area contributed by atoms with Crippen molar-refractivity contribution in [1.29, 1.82) is 0 Å². The van der Waals surface area contributed by atoms with E-state index in [2.05, 4.69) is 26.2 Å². The van der Waals surface area contributed by atoms with Crippen molar-refractivity contribution in [3.63, 3.8) is 0 Å². The summed E-state index contributed by atoms with van der Waals surface area (Å²) < 4.78 is 12.1. The molecule has 0 aromatic heterocycles. The summed E-state index contributed by atoms with van der Waals surface area (Å²) in [5.41, 5.74) is 2.03. The van der Waals surface area contributed by atoms with Crippen LogP contribution in [0.1, 0.15) is 25.5 Å². The number of fused-ring (bicyclic) bond motifs is 1. The van der Waals surface area contributed by atoms with Gasteiger partial charge in [-0.3, -0.25) is 4.79 Å². The first kappa shape index (κ1) is 25.6. The van der Waals surface area contributed by atoms with Gasteiger partial charge in [0, 0.05) is 16.2 Å². The van der Waals surface area contributed by atoms with Gasteiger partial charge in [-0.15, -0.1) is 0 Å². The van der Waals surface area contributed by atoms with Crippen molar-refractivity contribution >= 4 is 73.6 Å². The molecule has 2 aromatic rings. The lowest BCUT2D eigenvalue weighted by Gasteiger charge is -2.34. The number of hydrogen-bond donors (Lipinski definition) is 1. The van der Waals surface area contributed by atoms with Gasteiger partial charge in [0.1, 0.15) is 5.75 Å². The van der Waals surface area contributed by atoms with Crippen LogP contribution in [0.4, 0.5) is 5.69 Å². The van der Waals surface area contributed by atoms with Crippen LogP contribution >= 0.6 is 50.9 Å². The minimum absolute atomic E-state index is 0.234. The molecule has 0 fully saturated rings. The summed E-state index contributed by atoms with van der Waals surface area (Å²) in [6.07, 6.45) is 1.86. The lowest BCUT2D eigenvalue weighted by Crippen LogP contribution is -2.34. The highest BCUT2D eigenvalue weighted by Gasteiger charge is 2.39. The highest BCUT2D eigenvalue weighted by Crippen LogP contribution is 2.44. The first-order valence-corrected chi connectivity index (χ1v) is 13.0. The zero-order valence-corrected chi connectivity index (χ0v) is 22.6. The second-order valence-electron chi connectivity index (χ2n) is 7.45. The number of amides is 1. The fourth-order valence-corrected chi connectivity index (χ4v) is 5.19. The summed E-state index contributed by atoms with van der Waals surface area (Å²) in [5.74, 6) is -0.433. The third-order valence-electron chi connectivity index (χ3n) is 5.17. The van der Waals surface area contributed by atoms with Gasteiger partial charge in [0.2, 0.25) is 0 Å². The van der Waals surface area contributed by atoms with E-state index >= 15 is 0 Å². The number of benzene rings is 2. The zero-order valence-electron chi connectivity index (χ0n) is 18.7. The smallest absolute Gasteiger partial charge is 0.338 e. The van der Waals surface area contributed by atoms with Crippen LogP contribution < -0.4 is 10.1 Å².